The number of nitrogens with two attached hydrogens (primary N) is 1. The van der Waals surface area contributed by atoms with Crippen molar-refractivity contribution in [2.75, 3.05) is 24.3 Å². The number of rotatable bonds is 9. The first-order valence-corrected chi connectivity index (χ1v) is 9.49. The molecule has 0 aliphatic rings. The van der Waals surface area contributed by atoms with Crippen molar-refractivity contribution in [3.63, 3.8) is 0 Å². The minimum absolute atomic E-state index is 0.133. The maximum atomic E-state index is 13.5. The first-order chi connectivity index (χ1) is 9.88. The third kappa shape index (κ3) is 5.80. The van der Waals surface area contributed by atoms with Crippen molar-refractivity contribution < 1.29 is 17.2 Å². The van der Waals surface area contributed by atoms with Gasteiger partial charge in [0.1, 0.15) is 4.90 Å². The van der Waals surface area contributed by atoms with Gasteiger partial charge >= 0.3 is 0 Å². The van der Waals surface area contributed by atoms with Crippen LogP contribution in [0.2, 0.25) is 0 Å². The largest absolute Gasteiger partial charge is 0.399 e. The number of sulfonamides is 1. The molecule has 4 nitrogen and oxygen atoms in total. The number of hydrogen-bond donors (Lipinski definition) is 2. The van der Waals surface area contributed by atoms with Gasteiger partial charge in [-0.15, -0.1) is 0 Å². The summed E-state index contributed by atoms with van der Waals surface area (Å²) >= 11 is 1.77. The van der Waals surface area contributed by atoms with Crippen LogP contribution in [-0.4, -0.2) is 27.0 Å². The maximum absolute atomic E-state index is 13.5. The van der Waals surface area contributed by atoms with E-state index >= 15 is 0 Å². The fourth-order valence-electron chi connectivity index (χ4n) is 1.79. The van der Waals surface area contributed by atoms with Gasteiger partial charge in [-0.3, -0.25) is 0 Å². The topological polar surface area (TPSA) is 72.2 Å². The van der Waals surface area contributed by atoms with Crippen LogP contribution in [0, 0.1) is 11.6 Å². The Morgan fingerprint density at radius 3 is 2.52 bits per heavy atom. The highest BCUT2D eigenvalue weighted by molar-refractivity contribution is 7.98. The Bertz CT molecular complexity index is 566. The van der Waals surface area contributed by atoms with Crippen molar-refractivity contribution in [1.82, 2.24) is 4.72 Å². The molecule has 1 aromatic carbocycles. The lowest BCUT2D eigenvalue weighted by atomic mass is 10.2. The van der Waals surface area contributed by atoms with E-state index < -0.39 is 26.6 Å². The fraction of sp³-hybridized carbons (Fsp3) is 0.538. The van der Waals surface area contributed by atoms with Gasteiger partial charge in [-0.05, 0) is 37.0 Å². The third-order valence-corrected chi connectivity index (χ3v) is 5.03. The zero-order chi connectivity index (χ0) is 15.9. The average Bonchev–Trinajstić information content (AvgIpc) is 2.41. The predicted molar refractivity (Wildman–Crippen MR) is 82.8 cm³/mol. The average molecular weight is 338 g/mol. The normalized spacial score (nSPS) is 11.8. The van der Waals surface area contributed by atoms with E-state index in [0.29, 0.717) is 6.42 Å². The molecule has 21 heavy (non-hydrogen) atoms. The molecule has 0 saturated carbocycles. The van der Waals surface area contributed by atoms with Gasteiger partial charge in [0.15, 0.2) is 11.6 Å². The molecule has 0 aliphatic carbocycles. The molecule has 1 aromatic rings. The van der Waals surface area contributed by atoms with Crippen molar-refractivity contribution >= 4 is 27.5 Å². The van der Waals surface area contributed by atoms with Crippen LogP contribution < -0.4 is 10.5 Å². The second kappa shape index (κ2) is 8.55. The molecule has 8 heteroatoms. The van der Waals surface area contributed by atoms with Crippen LogP contribution >= 0.6 is 11.8 Å². The van der Waals surface area contributed by atoms with Gasteiger partial charge < -0.3 is 5.73 Å². The quantitative estimate of drug-likeness (QED) is 0.536. The van der Waals surface area contributed by atoms with Gasteiger partial charge in [0, 0.05) is 12.2 Å². The van der Waals surface area contributed by atoms with Crippen molar-refractivity contribution in [3.05, 3.63) is 23.8 Å². The highest BCUT2D eigenvalue weighted by Crippen LogP contribution is 2.20. The zero-order valence-electron chi connectivity index (χ0n) is 11.9. The van der Waals surface area contributed by atoms with Gasteiger partial charge in [-0.25, -0.2) is 21.9 Å². The summed E-state index contributed by atoms with van der Waals surface area (Å²) in [6.07, 6.45) is 5.68. The Hall–Kier alpha value is -0.860. The second-order valence-electron chi connectivity index (χ2n) is 4.62. The predicted octanol–water partition coefficient (Wildman–Crippen LogP) is 2.75. The van der Waals surface area contributed by atoms with Crippen LogP contribution in [0.1, 0.15) is 25.7 Å². The number of halogens is 2. The highest BCUT2D eigenvalue weighted by atomic mass is 32.2. The molecule has 0 unspecified atom stereocenters. The van der Waals surface area contributed by atoms with Crippen LogP contribution in [0.25, 0.3) is 0 Å². The van der Waals surface area contributed by atoms with Gasteiger partial charge in [0.2, 0.25) is 10.0 Å². The SMILES string of the molecule is CSCCCCCCNS(=O)(=O)c1cc(N)cc(F)c1F. The van der Waals surface area contributed by atoms with Crippen molar-refractivity contribution in [2.24, 2.45) is 0 Å². The van der Waals surface area contributed by atoms with Gasteiger partial charge in [-0.2, -0.15) is 11.8 Å². The van der Waals surface area contributed by atoms with Crippen LogP contribution in [0.5, 0.6) is 0 Å². The fourth-order valence-corrected chi connectivity index (χ4v) is 3.47. The van der Waals surface area contributed by atoms with Crippen LogP contribution in [-0.2, 0) is 10.0 Å². The van der Waals surface area contributed by atoms with Gasteiger partial charge in [0.05, 0.1) is 0 Å². The first kappa shape index (κ1) is 18.2. The van der Waals surface area contributed by atoms with E-state index in [0.717, 1.165) is 37.1 Å². The van der Waals surface area contributed by atoms with E-state index in [9.17, 15) is 17.2 Å². The van der Waals surface area contributed by atoms with E-state index in [1.165, 1.54) is 0 Å². The van der Waals surface area contributed by atoms with E-state index in [-0.39, 0.29) is 12.2 Å². The lowest BCUT2D eigenvalue weighted by Crippen LogP contribution is -2.26. The molecule has 0 aromatic heterocycles. The maximum Gasteiger partial charge on any atom is 0.243 e. The van der Waals surface area contributed by atoms with Gasteiger partial charge in [-0.1, -0.05) is 12.8 Å². The van der Waals surface area contributed by atoms with Crippen LogP contribution in [0.4, 0.5) is 14.5 Å². The molecule has 0 aliphatic heterocycles. The number of benzene rings is 1. The molecule has 0 fully saturated rings. The van der Waals surface area contributed by atoms with E-state index in [2.05, 4.69) is 4.72 Å². The summed E-state index contributed by atoms with van der Waals surface area (Å²) in [7, 11) is -4.08. The summed E-state index contributed by atoms with van der Waals surface area (Å²) in [6, 6.07) is 1.67. The van der Waals surface area contributed by atoms with Crippen molar-refractivity contribution in [3.8, 4) is 0 Å². The van der Waals surface area contributed by atoms with Crippen molar-refractivity contribution in [1.29, 1.82) is 0 Å². The molecular weight excluding hydrogens is 318 g/mol. The lowest BCUT2D eigenvalue weighted by molar-refractivity contribution is 0.483. The van der Waals surface area contributed by atoms with E-state index in [4.69, 9.17) is 5.73 Å². The molecule has 1 rings (SSSR count). The van der Waals surface area contributed by atoms with Crippen LogP contribution in [0.15, 0.2) is 17.0 Å². The van der Waals surface area contributed by atoms with E-state index in [1.54, 1.807) is 11.8 Å². The number of nitrogen functional groups attached to an aromatic ring is 1. The molecule has 0 amide bonds. The number of unbranched alkanes of at least 4 members (excludes halogenated alkanes) is 3. The molecule has 0 atom stereocenters. The lowest BCUT2D eigenvalue weighted by Gasteiger charge is -2.09. The summed E-state index contributed by atoms with van der Waals surface area (Å²) < 4.78 is 52.8. The molecule has 3 N–H and O–H groups in total. The number of nitrogens with one attached hydrogen (secondary N) is 1. The summed E-state index contributed by atoms with van der Waals surface area (Å²) in [6.45, 7) is 0.192. The van der Waals surface area contributed by atoms with Crippen molar-refractivity contribution in [2.45, 2.75) is 30.6 Å². The number of anilines is 1. The zero-order valence-corrected chi connectivity index (χ0v) is 13.5. The minimum atomic E-state index is -4.08. The Balaban J connectivity index is 2.55. The Kier molecular flexibility index (Phi) is 7.41. The molecule has 0 heterocycles. The molecule has 0 radical (unpaired) electrons. The molecule has 0 spiro atoms. The standard InChI is InChI=1S/C13H20F2N2O2S2/c1-20-7-5-3-2-4-6-17-21(18,19)12-9-10(16)8-11(14)13(12)15/h8-9,17H,2-7,16H2,1H3. The second-order valence-corrected chi connectivity index (χ2v) is 7.34. The van der Waals surface area contributed by atoms with Crippen LogP contribution in [0.3, 0.4) is 0 Å². The number of hydrogen-bond acceptors (Lipinski definition) is 4. The summed E-state index contributed by atoms with van der Waals surface area (Å²) in [5.74, 6) is -1.59. The number of thioether (sulfide) groups is 1. The molecule has 0 bridgehead atoms. The Morgan fingerprint density at radius 1 is 1.19 bits per heavy atom. The molecule has 120 valence electrons. The molecule has 0 saturated heterocycles. The first-order valence-electron chi connectivity index (χ1n) is 6.61. The summed E-state index contributed by atoms with van der Waals surface area (Å²) in [4.78, 5) is -0.748. The summed E-state index contributed by atoms with van der Waals surface area (Å²) in [5, 5.41) is 0. The third-order valence-electron chi connectivity index (χ3n) is 2.87. The Morgan fingerprint density at radius 2 is 1.86 bits per heavy atom. The highest BCUT2D eigenvalue weighted by Gasteiger charge is 2.22. The van der Waals surface area contributed by atoms with Gasteiger partial charge in [0.25, 0.3) is 0 Å². The summed E-state index contributed by atoms with van der Waals surface area (Å²) in [5.41, 5.74) is 5.21. The minimum Gasteiger partial charge on any atom is -0.399 e. The Labute approximate surface area is 128 Å². The van der Waals surface area contributed by atoms with E-state index in [1.807, 2.05) is 6.26 Å². The molecular formula is C13H20F2N2O2S2. The smallest absolute Gasteiger partial charge is 0.243 e. The monoisotopic (exact) mass is 338 g/mol.